The zero-order valence-corrected chi connectivity index (χ0v) is 15.9. The van der Waals surface area contributed by atoms with Gasteiger partial charge in [0.1, 0.15) is 13.2 Å². The number of hydrogen-bond donors (Lipinski definition) is 2. The standard InChI is InChI=1S/C18H36N2O4/c1-5-17(19,6-2)13-23-15(21)11-9-10-12-16(22)24-14-18(20,7-3)8-4/h5-14,19-20H2,1-4H3. The normalized spacial score (nSPS) is 12.1. The van der Waals surface area contributed by atoms with Gasteiger partial charge in [0.25, 0.3) is 0 Å². The summed E-state index contributed by atoms with van der Waals surface area (Å²) < 4.78 is 10.4. The third-order valence-corrected chi connectivity index (χ3v) is 4.87. The Morgan fingerprint density at radius 3 is 1.25 bits per heavy atom. The first kappa shape index (κ1) is 22.9. The van der Waals surface area contributed by atoms with E-state index in [1.807, 2.05) is 27.7 Å². The van der Waals surface area contributed by atoms with Crippen LogP contribution in [-0.2, 0) is 19.1 Å². The van der Waals surface area contributed by atoms with Crippen molar-refractivity contribution in [3.63, 3.8) is 0 Å². The number of carbonyl (C=O) groups excluding carboxylic acids is 2. The highest BCUT2D eigenvalue weighted by Gasteiger charge is 2.23. The van der Waals surface area contributed by atoms with Gasteiger partial charge < -0.3 is 20.9 Å². The van der Waals surface area contributed by atoms with Gasteiger partial charge in [0, 0.05) is 23.9 Å². The van der Waals surface area contributed by atoms with Crippen molar-refractivity contribution in [1.82, 2.24) is 0 Å². The van der Waals surface area contributed by atoms with Gasteiger partial charge in [-0.1, -0.05) is 27.7 Å². The van der Waals surface area contributed by atoms with Crippen molar-refractivity contribution >= 4 is 11.9 Å². The van der Waals surface area contributed by atoms with Crippen LogP contribution in [0.15, 0.2) is 0 Å². The second-order valence-corrected chi connectivity index (χ2v) is 6.67. The first-order valence-electron chi connectivity index (χ1n) is 9.13. The molecule has 0 rings (SSSR count). The Hall–Kier alpha value is -1.14. The summed E-state index contributed by atoms with van der Waals surface area (Å²) in [6.07, 6.45) is 4.84. The molecule has 0 saturated carbocycles. The van der Waals surface area contributed by atoms with E-state index in [2.05, 4.69) is 0 Å². The lowest BCUT2D eigenvalue weighted by molar-refractivity contribution is -0.147. The fraction of sp³-hybridized carbons (Fsp3) is 0.889. The molecule has 0 bridgehead atoms. The van der Waals surface area contributed by atoms with Gasteiger partial charge in [-0.2, -0.15) is 0 Å². The molecule has 0 unspecified atom stereocenters. The minimum Gasteiger partial charge on any atom is -0.464 e. The van der Waals surface area contributed by atoms with E-state index >= 15 is 0 Å². The van der Waals surface area contributed by atoms with Crippen molar-refractivity contribution in [1.29, 1.82) is 0 Å². The highest BCUT2D eigenvalue weighted by atomic mass is 16.5. The fourth-order valence-corrected chi connectivity index (χ4v) is 2.04. The molecule has 0 aromatic heterocycles. The molecule has 4 N–H and O–H groups in total. The zero-order chi connectivity index (χ0) is 18.6. The third-order valence-electron chi connectivity index (χ3n) is 4.87. The molecule has 0 amide bonds. The average Bonchev–Trinajstić information content (AvgIpc) is 2.61. The maximum Gasteiger partial charge on any atom is 0.305 e. The average molecular weight is 344 g/mol. The van der Waals surface area contributed by atoms with Gasteiger partial charge in [-0.15, -0.1) is 0 Å². The number of esters is 2. The molecule has 0 saturated heterocycles. The minimum atomic E-state index is -0.438. The van der Waals surface area contributed by atoms with Crippen molar-refractivity contribution in [2.45, 2.75) is 90.1 Å². The lowest BCUT2D eigenvalue weighted by atomic mass is 9.96. The number of ether oxygens (including phenoxy) is 2. The van der Waals surface area contributed by atoms with Crippen LogP contribution in [0.5, 0.6) is 0 Å². The summed E-state index contributed by atoms with van der Waals surface area (Å²) >= 11 is 0. The molecule has 0 radical (unpaired) electrons. The lowest BCUT2D eigenvalue weighted by Gasteiger charge is -2.26. The largest absolute Gasteiger partial charge is 0.464 e. The summed E-state index contributed by atoms with van der Waals surface area (Å²) in [7, 11) is 0. The number of hydrogen-bond acceptors (Lipinski definition) is 6. The maximum atomic E-state index is 11.7. The molecule has 6 heteroatoms. The van der Waals surface area contributed by atoms with Gasteiger partial charge in [-0.25, -0.2) is 0 Å². The summed E-state index contributed by atoms with van der Waals surface area (Å²) in [6.45, 7) is 8.42. The smallest absolute Gasteiger partial charge is 0.305 e. The molecule has 0 aliphatic carbocycles. The van der Waals surface area contributed by atoms with Crippen LogP contribution in [0, 0.1) is 0 Å². The van der Waals surface area contributed by atoms with E-state index in [0.717, 1.165) is 25.7 Å². The summed E-state index contributed by atoms with van der Waals surface area (Å²) in [5.74, 6) is -0.531. The van der Waals surface area contributed by atoms with Crippen molar-refractivity contribution in [2.24, 2.45) is 11.5 Å². The van der Waals surface area contributed by atoms with Gasteiger partial charge in [0.2, 0.25) is 0 Å². The third kappa shape index (κ3) is 9.23. The molecule has 24 heavy (non-hydrogen) atoms. The molecule has 0 aromatic rings. The quantitative estimate of drug-likeness (QED) is 0.393. The maximum absolute atomic E-state index is 11.7. The lowest BCUT2D eigenvalue weighted by Crippen LogP contribution is -2.43. The van der Waals surface area contributed by atoms with Crippen LogP contribution < -0.4 is 11.5 Å². The zero-order valence-electron chi connectivity index (χ0n) is 15.9. The first-order valence-corrected chi connectivity index (χ1v) is 9.13. The molecule has 142 valence electrons. The van der Waals surface area contributed by atoms with Gasteiger partial charge in [-0.3, -0.25) is 9.59 Å². The van der Waals surface area contributed by atoms with E-state index in [1.165, 1.54) is 0 Å². The van der Waals surface area contributed by atoms with Crippen LogP contribution in [-0.4, -0.2) is 36.2 Å². The topological polar surface area (TPSA) is 105 Å². The number of nitrogens with two attached hydrogens (primary N) is 2. The number of carbonyl (C=O) groups is 2. The Labute approximate surface area is 146 Å². The molecule has 0 aliphatic heterocycles. The predicted octanol–water partition coefficient (Wildman–Crippen LogP) is 2.67. The van der Waals surface area contributed by atoms with Gasteiger partial charge in [0.15, 0.2) is 0 Å². The van der Waals surface area contributed by atoms with Crippen LogP contribution in [0.25, 0.3) is 0 Å². The summed E-state index contributed by atoms with van der Waals surface area (Å²) in [4.78, 5) is 23.4. The van der Waals surface area contributed by atoms with Crippen LogP contribution in [0.2, 0.25) is 0 Å². The molecule has 0 atom stereocenters. The molecule has 6 nitrogen and oxygen atoms in total. The van der Waals surface area contributed by atoms with Gasteiger partial charge in [-0.05, 0) is 38.5 Å². The van der Waals surface area contributed by atoms with Crippen molar-refractivity contribution in [3.8, 4) is 0 Å². The van der Waals surface area contributed by atoms with Crippen molar-refractivity contribution < 1.29 is 19.1 Å². The summed E-state index contributed by atoms with van der Waals surface area (Å²) in [6, 6.07) is 0. The molecule has 0 aliphatic rings. The molecule has 0 spiro atoms. The Balaban J connectivity index is 3.85. The minimum absolute atomic E-state index is 0.244. The Bertz CT molecular complexity index is 341. The summed E-state index contributed by atoms with van der Waals surface area (Å²) in [5, 5.41) is 0. The molecule has 0 aromatic carbocycles. The van der Waals surface area contributed by atoms with E-state index < -0.39 is 11.1 Å². The SMILES string of the molecule is CCC(N)(CC)COC(=O)CCCCC(=O)OCC(N)(CC)CC. The molecular formula is C18H36N2O4. The number of rotatable bonds is 13. The molecule has 0 fully saturated rings. The second kappa shape index (κ2) is 11.4. The van der Waals surface area contributed by atoms with Crippen LogP contribution in [0.4, 0.5) is 0 Å². The second-order valence-electron chi connectivity index (χ2n) is 6.67. The van der Waals surface area contributed by atoms with Gasteiger partial charge in [0.05, 0.1) is 0 Å². The Morgan fingerprint density at radius 1 is 0.708 bits per heavy atom. The van der Waals surface area contributed by atoms with Crippen LogP contribution >= 0.6 is 0 Å². The van der Waals surface area contributed by atoms with Crippen molar-refractivity contribution in [2.75, 3.05) is 13.2 Å². The van der Waals surface area contributed by atoms with Crippen LogP contribution in [0.1, 0.15) is 79.1 Å². The van der Waals surface area contributed by atoms with E-state index in [9.17, 15) is 9.59 Å². The Morgan fingerprint density at radius 2 is 1.00 bits per heavy atom. The Kier molecular flexibility index (Phi) is 10.9. The predicted molar refractivity (Wildman–Crippen MR) is 95.4 cm³/mol. The van der Waals surface area contributed by atoms with E-state index in [1.54, 1.807) is 0 Å². The first-order chi connectivity index (χ1) is 11.2. The molecular weight excluding hydrogens is 308 g/mol. The fourth-order valence-electron chi connectivity index (χ4n) is 2.04. The monoisotopic (exact) mass is 344 g/mol. The van der Waals surface area contributed by atoms with Gasteiger partial charge >= 0.3 is 11.9 Å². The van der Waals surface area contributed by atoms with Crippen molar-refractivity contribution in [3.05, 3.63) is 0 Å². The number of unbranched alkanes of at least 4 members (excludes halogenated alkanes) is 1. The van der Waals surface area contributed by atoms with E-state index in [4.69, 9.17) is 20.9 Å². The van der Waals surface area contributed by atoms with Crippen LogP contribution in [0.3, 0.4) is 0 Å². The highest BCUT2D eigenvalue weighted by Crippen LogP contribution is 2.14. The molecule has 0 heterocycles. The van der Waals surface area contributed by atoms with E-state index in [-0.39, 0.29) is 25.2 Å². The summed E-state index contributed by atoms with van der Waals surface area (Å²) in [5.41, 5.74) is 11.3. The van der Waals surface area contributed by atoms with E-state index in [0.29, 0.717) is 25.7 Å². The highest BCUT2D eigenvalue weighted by molar-refractivity contribution is 5.70.